The minimum absolute atomic E-state index is 0.0116. The Labute approximate surface area is 124 Å². The van der Waals surface area contributed by atoms with Gasteiger partial charge in [-0.15, -0.1) is 0 Å². The third kappa shape index (κ3) is 3.71. The summed E-state index contributed by atoms with van der Waals surface area (Å²) >= 11 is 0. The van der Waals surface area contributed by atoms with Crippen LogP contribution in [0.4, 0.5) is 0 Å². The summed E-state index contributed by atoms with van der Waals surface area (Å²) in [5.41, 5.74) is 0. The fraction of sp³-hybridized carbons (Fsp3) is 0.786. The zero-order valence-electron chi connectivity index (χ0n) is 12.1. The van der Waals surface area contributed by atoms with Crippen LogP contribution in [0.1, 0.15) is 25.7 Å². The maximum atomic E-state index is 12.0. The zero-order chi connectivity index (χ0) is 15.2. The Hall–Kier alpha value is -1.65. The molecule has 2 N–H and O–H groups in total. The molecule has 0 aromatic heterocycles. The Balaban J connectivity index is 1.73. The van der Waals surface area contributed by atoms with E-state index in [0.29, 0.717) is 13.1 Å². The molecule has 116 valence electrons. The standard InChI is InChI=1S/C14H22N4O3/c15-7-11-3-1-5-17(11)13(20)8-16-9-14(21)18-6-2-4-12(18)10-19/h11-12,16,19H,1-6,8-10H2/t11-,12-/m0/s1. The molecule has 2 amide bonds. The van der Waals surface area contributed by atoms with E-state index in [9.17, 15) is 14.7 Å². The predicted octanol–water partition coefficient (Wildman–Crippen LogP) is -0.926. The van der Waals surface area contributed by atoms with Gasteiger partial charge >= 0.3 is 0 Å². The molecule has 0 bridgehead atoms. The second-order valence-electron chi connectivity index (χ2n) is 5.54. The molecule has 2 atom stereocenters. The Bertz CT molecular complexity index is 434. The number of nitrogens with one attached hydrogen (secondary N) is 1. The molecule has 0 radical (unpaired) electrons. The summed E-state index contributed by atoms with van der Waals surface area (Å²) in [6.07, 6.45) is 3.33. The highest BCUT2D eigenvalue weighted by atomic mass is 16.3. The van der Waals surface area contributed by atoms with E-state index < -0.39 is 0 Å². The third-order valence-corrected chi connectivity index (χ3v) is 4.18. The molecule has 0 aromatic rings. The van der Waals surface area contributed by atoms with Gasteiger partial charge in [-0.05, 0) is 25.7 Å². The van der Waals surface area contributed by atoms with Crippen molar-refractivity contribution in [2.24, 2.45) is 0 Å². The minimum Gasteiger partial charge on any atom is -0.394 e. The number of hydrogen-bond donors (Lipinski definition) is 2. The van der Waals surface area contributed by atoms with Gasteiger partial charge in [-0.3, -0.25) is 14.9 Å². The van der Waals surface area contributed by atoms with Crippen LogP contribution < -0.4 is 5.32 Å². The maximum absolute atomic E-state index is 12.0. The Morgan fingerprint density at radius 3 is 2.43 bits per heavy atom. The lowest BCUT2D eigenvalue weighted by atomic mass is 10.2. The van der Waals surface area contributed by atoms with Gasteiger partial charge in [0.15, 0.2) is 0 Å². The molecule has 21 heavy (non-hydrogen) atoms. The van der Waals surface area contributed by atoms with Crippen molar-refractivity contribution in [1.29, 1.82) is 5.26 Å². The van der Waals surface area contributed by atoms with E-state index in [0.717, 1.165) is 25.7 Å². The predicted molar refractivity (Wildman–Crippen MR) is 75.0 cm³/mol. The number of rotatable bonds is 5. The van der Waals surface area contributed by atoms with Crippen LogP contribution in [0, 0.1) is 11.3 Å². The first-order valence-corrected chi connectivity index (χ1v) is 7.47. The monoisotopic (exact) mass is 294 g/mol. The quantitative estimate of drug-likeness (QED) is 0.683. The Kier molecular flexibility index (Phi) is 5.53. The molecule has 0 aliphatic carbocycles. The average Bonchev–Trinajstić information content (AvgIpc) is 3.15. The Morgan fingerprint density at radius 2 is 1.76 bits per heavy atom. The van der Waals surface area contributed by atoms with Gasteiger partial charge in [0, 0.05) is 13.1 Å². The number of carbonyl (C=O) groups is 2. The van der Waals surface area contributed by atoms with Crippen molar-refractivity contribution in [2.75, 3.05) is 32.8 Å². The van der Waals surface area contributed by atoms with Gasteiger partial charge in [0.25, 0.3) is 0 Å². The van der Waals surface area contributed by atoms with E-state index in [1.165, 1.54) is 0 Å². The zero-order valence-corrected chi connectivity index (χ0v) is 12.1. The van der Waals surface area contributed by atoms with E-state index in [1.807, 2.05) is 0 Å². The highest BCUT2D eigenvalue weighted by Crippen LogP contribution is 2.17. The second kappa shape index (κ2) is 7.38. The number of aliphatic hydroxyl groups excluding tert-OH is 1. The fourth-order valence-electron chi connectivity index (χ4n) is 3.03. The lowest BCUT2D eigenvalue weighted by Crippen LogP contribution is -2.46. The van der Waals surface area contributed by atoms with E-state index >= 15 is 0 Å². The first kappa shape index (κ1) is 15.7. The van der Waals surface area contributed by atoms with E-state index in [-0.39, 0.29) is 43.6 Å². The molecule has 0 unspecified atom stereocenters. The number of aliphatic hydroxyl groups is 1. The molecule has 2 fully saturated rings. The number of carbonyl (C=O) groups excluding carboxylic acids is 2. The van der Waals surface area contributed by atoms with Gasteiger partial charge in [0.1, 0.15) is 6.04 Å². The van der Waals surface area contributed by atoms with Crippen LogP contribution in [-0.2, 0) is 9.59 Å². The van der Waals surface area contributed by atoms with Crippen molar-refractivity contribution in [1.82, 2.24) is 15.1 Å². The molecule has 0 aromatic carbocycles. The van der Waals surface area contributed by atoms with Crippen molar-refractivity contribution in [3.8, 4) is 6.07 Å². The summed E-state index contributed by atoms with van der Waals surface area (Å²) in [5, 5.41) is 21.0. The summed E-state index contributed by atoms with van der Waals surface area (Å²) in [7, 11) is 0. The molecule has 2 saturated heterocycles. The fourth-order valence-corrected chi connectivity index (χ4v) is 3.03. The van der Waals surface area contributed by atoms with Gasteiger partial charge < -0.3 is 14.9 Å². The second-order valence-corrected chi connectivity index (χ2v) is 5.54. The first-order valence-electron chi connectivity index (χ1n) is 7.47. The molecular weight excluding hydrogens is 272 g/mol. The molecule has 2 rings (SSSR count). The summed E-state index contributed by atoms with van der Waals surface area (Å²) in [4.78, 5) is 27.2. The smallest absolute Gasteiger partial charge is 0.237 e. The third-order valence-electron chi connectivity index (χ3n) is 4.18. The lowest BCUT2D eigenvalue weighted by molar-refractivity contribution is -0.132. The van der Waals surface area contributed by atoms with Gasteiger partial charge in [0.2, 0.25) is 11.8 Å². The van der Waals surface area contributed by atoms with Crippen molar-refractivity contribution in [2.45, 2.75) is 37.8 Å². The van der Waals surface area contributed by atoms with Gasteiger partial charge in [0.05, 0.1) is 31.8 Å². The summed E-state index contributed by atoms with van der Waals surface area (Å²) in [6.45, 7) is 1.44. The topological polar surface area (TPSA) is 96.7 Å². The van der Waals surface area contributed by atoms with Crippen molar-refractivity contribution in [3.05, 3.63) is 0 Å². The Morgan fingerprint density at radius 1 is 1.14 bits per heavy atom. The SMILES string of the molecule is N#C[C@@H]1CCCN1C(=O)CNCC(=O)N1CCC[C@H]1CO. The van der Waals surface area contributed by atoms with E-state index in [1.54, 1.807) is 9.80 Å². The van der Waals surface area contributed by atoms with Gasteiger partial charge in [-0.25, -0.2) is 0 Å². The summed E-state index contributed by atoms with van der Waals surface area (Å²) < 4.78 is 0. The van der Waals surface area contributed by atoms with E-state index in [2.05, 4.69) is 11.4 Å². The van der Waals surface area contributed by atoms with Crippen molar-refractivity contribution < 1.29 is 14.7 Å². The van der Waals surface area contributed by atoms with Crippen LogP contribution >= 0.6 is 0 Å². The number of amides is 2. The first-order chi connectivity index (χ1) is 10.2. The van der Waals surface area contributed by atoms with Crippen molar-refractivity contribution in [3.63, 3.8) is 0 Å². The molecule has 2 aliphatic rings. The highest BCUT2D eigenvalue weighted by molar-refractivity contribution is 5.82. The molecule has 7 heteroatoms. The highest BCUT2D eigenvalue weighted by Gasteiger charge is 2.29. The lowest BCUT2D eigenvalue weighted by Gasteiger charge is -2.24. The number of hydrogen-bond acceptors (Lipinski definition) is 5. The molecule has 2 aliphatic heterocycles. The average molecular weight is 294 g/mol. The molecule has 0 saturated carbocycles. The van der Waals surface area contributed by atoms with Crippen LogP contribution in [0.3, 0.4) is 0 Å². The maximum Gasteiger partial charge on any atom is 0.237 e. The van der Waals surface area contributed by atoms with Crippen molar-refractivity contribution >= 4 is 11.8 Å². The van der Waals surface area contributed by atoms with Crippen LogP contribution in [0.25, 0.3) is 0 Å². The van der Waals surface area contributed by atoms with E-state index in [4.69, 9.17) is 5.26 Å². The molecule has 7 nitrogen and oxygen atoms in total. The molecule has 0 spiro atoms. The summed E-state index contributed by atoms with van der Waals surface area (Å²) in [5.74, 6) is -0.218. The van der Waals surface area contributed by atoms with Gasteiger partial charge in [-0.2, -0.15) is 5.26 Å². The van der Waals surface area contributed by atoms with Crippen LogP contribution in [0.2, 0.25) is 0 Å². The van der Waals surface area contributed by atoms with Crippen LogP contribution in [-0.4, -0.2) is 71.6 Å². The molecular formula is C14H22N4O3. The van der Waals surface area contributed by atoms with Crippen LogP contribution in [0.5, 0.6) is 0 Å². The number of nitrogens with zero attached hydrogens (tertiary/aromatic N) is 3. The normalized spacial score (nSPS) is 25.1. The van der Waals surface area contributed by atoms with Gasteiger partial charge in [-0.1, -0.05) is 0 Å². The minimum atomic E-state index is -0.327. The van der Waals surface area contributed by atoms with Crippen LogP contribution in [0.15, 0.2) is 0 Å². The largest absolute Gasteiger partial charge is 0.394 e. The number of nitriles is 1. The molecule has 2 heterocycles. The summed E-state index contributed by atoms with van der Waals surface area (Å²) in [6, 6.07) is 1.71. The number of likely N-dealkylation sites (tertiary alicyclic amines) is 2.